The molecule has 0 aliphatic rings. The first-order chi connectivity index (χ1) is 12.0. The third-order valence-corrected chi connectivity index (χ3v) is 3.99. The molecular weight excluding hydrogens is 340 g/mol. The largest absolute Gasteiger partial charge is 0.310 e. The Morgan fingerprint density at radius 2 is 2.08 bits per heavy atom. The Balaban J connectivity index is 1.68. The molecule has 0 saturated carbocycles. The molecule has 3 heterocycles. The van der Waals surface area contributed by atoms with Crippen LogP contribution in [0.1, 0.15) is 25.7 Å². The second-order valence-corrected chi connectivity index (χ2v) is 6.44. The van der Waals surface area contributed by atoms with Crippen LogP contribution in [-0.4, -0.2) is 32.0 Å². The summed E-state index contributed by atoms with van der Waals surface area (Å²) >= 11 is 5.79. The molecule has 3 aromatic heterocycles. The summed E-state index contributed by atoms with van der Waals surface area (Å²) in [5, 5.41) is 15.0. The fourth-order valence-electron chi connectivity index (χ4n) is 2.54. The molecule has 1 atom stereocenters. The summed E-state index contributed by atoms with van der Waals surface area (Å²) in [6, 6.07) is 8.96. The van der Waals surface area contributed by atoms with Crippen LogP contribution in [0.3, 0.4) is 0 Å². The van der Waals surface area contributed by atoms with Crippen molar-refractivity contribution in [1.29, 1.82) is 0 Å². The lowest BCUT2D eigenvalue weighted by Gasteiger charge is -2.20. The van der Waals surface area contributed by atoms with Crippen molar-refractivity contribution in [2.75, 3.05) is 11.9 Å². The Morgan fingerprint density at radius 3 is 2.80 bits per heavy atom. The second-order valence-electron chi connectivity index (χ2n) is 6.00. The number of fused-ring (bicyclic) bond motifs is 1. The maximum Gasteiger partial charge on any atom is 0.239 e. The van der Waals surface area contributed by atoms with E-state index in [1.54, 1.807) is 12.1 Å². The van der Waals surface area contributed by atoms with E-state index in [-0.39, 0.29) is 24.4 Å². The molecule has 0 aromatic carbocycles. The van der Waals surface area contributed by atoms with Crippen LogP contribution in [0, 0.1) is 5.92 Å². The van der Waals surface area contributed by atoms with Crippen molar-refractivity contribution in [1.82, 2.24) is 24.9 Å². The SMILES string of the molecule is CC(C)[C@H](NCC(=O)Nc1ccc(Cl)cn1)c1nnc2ccccn12. The maximum atomic E-state index is 12.2. The monoisotopic (exact) mass is 358 g/mol. The van der Waals surface area contributed by atoms with Gasteiger partial charge in [0.1, 0.15) is 5.82 Å². The summed E-state index contributed by atoms with van der Waals surface area (Å²) in [6.07, 6.45) is 3.41. The Bertz CT molecular complexity index is 861. The Kier molecular flexibility index (Phi) is 5.25. The minimum absolute atomic E-state index is 0.110. The van der Waals surface area contributed by atoms with Crippen molar-refractivity contribution >= 4 is 29.0 Å². The minimum Gasteiger partial charge on any atom is -0.310 e. The molecule has 0 saturated heterocycles. The molecule has 0 aliphatic carbocycles. The molecule has 3 rings (SSSR count). The molecule has 7 nitrogen and oxygen atoms in total. The number of carbonyl (C=O) groups is 1. The second kappa shape index (κ2) is 7.58. The quantitative estimate of drug-likeness (QED) is 0.707. The molecule has 2 N–H and O–H groups in total. The smallest absolute Gasteiger partial charge is 0.239 e. The van der Waals surface area contributed by atoms with E-state index < -0.39 is 0 Å². The van der Waals surface area contributed by atoms with Crippen LogP contribution in [-0.2, 0) is 4.79 Å². The van der Waals surface area contributed by atoms with Crippen LogP contribution in [0.4, 0.5) is 5.82 Å². The van der Waals surface area contributed by atoms with Crippen molar-refractivity contribution in [2.24, 2.45) is 5.92 Å². The molecule has 130 valence electrons. The summed E-state index contributed by atoms with van der Waals surface area (Å²) < 4.78 is 1.93. The van der Waals surface area contributed by atoms with Crippen LogP contribution in [0.2, 0.25) is 5.02 Å². The predicted octanol–water partition coefficient (Wildman–Crippen LogP) is 2.70. The number of aromatic nitrogens is 4. The predicted molar refractivity (Wildman–Crippen MR) is 96.4 cm³/mol. The molecule has 0 radical (unpaired) electrons. The van der Waals surface area contributed by atoms with Crippen molar-refractivity contribution in [2.45, 2.75) is 19.9 Å². The average molecular weight is 359 g/mol. The van der Waals surface area contributed by atoms with Crippen molar-refractivity contribution in [3.8, 4) is 0 Å². The Labute approximate surface area is 150 Å². The maximum absolute atomic E-state index is 12.2. The molecule has 0 unspecified atom stereocenters. The van der Waals surface area contributed by atoms with E-state index >= 15 is 0 Å². The van der Waals surface area contributed by atoms with E-state index in [0.717, 1.165) is 11.5 Å². The van der Waals surface area contributed by atoms with E-state index in [0.29, 0.717) is 10.8 Å². The van der Waals surface area contributed by atoms with E-state index in [2.05, 4.69) is 39.7 Å². The molecule has 0 bridgehead atoms. The molecular formula is C17H19ClN6O. The average Bonchev–Trinajstić information content (AvgIpc) is 3.01. The van der Waals surface area contributed by atoms with E-state index in [1.807, 2.05) is 28.8 Å². The van der Waals surface area contributed by atoms with Gasteiger partial charge in [-0.25, -0.2) is 4.98 Å². The first-order valence-corrected chi connectivity index (χ1v) is 8.37. The lowest BCUT2D eigenvalue weighted by atomic mass is 10.0. The van der Waals surface area contributed by atoms with Crippen molar-refractivity contribution in [3.05, 3.63) is 53.6 Å². The Hall–Kier alpha value is -2.51. The summed E-state index contributed by atoms with van der Waals surface area (Å²) in [5.41, 5.74) is 0.778. The van der Waals surface area contributed by atoms with Gasteiger partial charge in [0.15, 0.2) is 11.5 Å². The summed E-state index contributed by atoms with van der Waals surface area (Å²) in [5.74, 6) is 1.29. The van der Waals surface area contributed by atoms with Gasteiger partial charge in [-0.3, -0.25) is 14.5 Å². The summed E-state index contributed by atoms with van der Waals surface area (Å²) in [6.45, 7) is 4.27. The summed E-state index contributed by atoms with van der Waals surface area (Å²) in [4.78, 5) is 16.2. The lowest BCUT2D eigenvalue weighted by Crippen LogP contribution is -2.34. The number of amides is 1. The molecule has 1 amide bonds. The third kappa shape index (κ3) is 4.12. The third-order valence-electron chi connectivity index (χ3n) is 3.76. The molecule has 0 aliphatic heterocycles. The van der Waals surface area contributed by atoms with Crippen LogP contribution in [0.5, 0.6) is 0 Å². The van der Waals surface area contributed by atoms with E-state index in [1.165, 1.54) is 6.20 Å². The molecule has 8 heteroatoms. The van der Waals surface area contributed by atoms with Crippen LogP contribution >= 0.6 is 11.6 Å². The first-order valence-electron chi connectivity index (χ1n) is 7.99. The van der Waals surface area contributed by atoms with Gasteiger partial charge in [-0.1, -0.05) is 31.5 Å². The molecule has 0 fully saturated rings. The normalized spacial score (nSPS) is 12.5. The van der Waals surface area contributed by atoms with Gasteiger partial charge < -0.3 is 5.32 Å². The fourth-order valence-corrected chi connectivity index (χ4v) is 2.65. The number of halogens is 1. The van der Waals surface area contributed by atoms with Gasteiger partial charge in [0.2, 0.25) is 5.91 Å². The van der Waals surface area contributed by atoms with E-state index in [9.17, 15) is 4.79 Å². The number of hydrogen-bond acceptors (Lipinski definition) is 5. The first kappa shape index (κ1) is 17.3. The van der Waals surface area contributed by atoms with Gasteiger partial charge in [-0.05, 0) is 30.2 Å². The minimum atomic E-state index is -0.186. The number of nitrogens with zero attached hydrogens (tertiary/aromatic N) is 4. The highest BCUT2D eigenvalue weighted by Crippen LogP contribution is 2.20. The zero-order chi connectivity index (χ0) is 17.8. The van der Waals surface area contributed by atoms with Gasteiger partial charge in [-0.2, -0.15) is 0 Å². The van der Waals surface area contributed by atoms with Gasteiger partial charge in [0.25, 0.3) is 0 Å². The van der Waals surface area contributed by atoms with Gasteiger partial charge in [0, 0.05) is 12.4 Å². The zero-order valence-electron chi connectivity index (χ0n) is 14.0. The zero-order valence-corrected chi connectivity index (χ0v) is 14.7. The highest BCUT2D eigenvalue weighted by atomic mass is 35.5. The topological polar surface area (TPSA) is 84.2 Å². The standard InChI is InChI=1S/C17H19ClN6O/c1-11(2)16(17-23-22-14-5-3-4-8-24(14)17)20-10-15(25)21-13-7-6-12(18)9-19-13/h3-9,11,16,20H,10H2,1-2H3,(H,19,21,25)/t16-/m0/s1. The van der Waals surface area contributed by atoms with E-state index in [4.69, 9.17) is 11.6 Å². The lowest BCUT2D eigenvalue weighted by molar-refractivity contribution is -0.115. The number of carbonyl (C=O) groups excluding carboxylic acids is 1. The number of anilines is 1. The van der Waals surface area contributed by atoms with Crippen molar-refractivity contribution < 1.29 is 4.79 Å². The Morgan fingerprint density at radius 1 is 1.24 bits per heavy atom. The van der Waals surface area contributed by atoms with Crippen molar-refractivity contribution in [3.63, 3.8) is 0 Å². The van der Waals surface area contributed by atoms with Crippen LogP contribution in [0.15, 0.2) is 42.7 Å². The fraction of sp³-hybridized carbons (Fsp3) is 0.294. The van der Waals surface area contributed by atoms with Gasteiger partial charge in [0.05, 0.1) is 17.6 Å². The highest BCUT2D eigenvalue weighted by molar-refractivity contribution is 6.30. The molecule has 25 heavy (non-hydrogen) atoms. The van der Waals surface area contributed by atoms with Crippen LogP contribution in [0.25, 0.3) is 5.65 Å². The number of rotatable bonds is 6. The number of pyridine rings is 2. The summed E-state index contributed by atoms with van der Waals surface area (Å²) in [7, 11) is 0. The highest BCUT2D eigenvalue weighted by Gasteiger charge is 2.22. The molecule has 3 aromatic rings. The molecule has 0 spiro atoms. The number of hydrogen-bond donors (Lipinski definition) is 2. The van der Waals surface area contributed by atoms with Gasteiger partial charge >= 0.3 is 0 Å². The van der Waals surface area contributed by atoms with Gasteiger partial charge in [-0.15, -0.1) is 10.2 Å². The number of nitrogens with one attached hydrogen (secondary N) is 2. The van der Waals surface area contributed by atoms with Crippen LogP contribution < -0.4 is 10.6 Å².